The highest BCUT2D eigenvalue weighted by atomic mass is 16.4. The highest BCUT2D eigenvalue weighted by Crippen LogP contribution is 1.95. The third-order valence-electron chi connectivity index (χ3n) is 2.44. The van der Waals surface area contributed by atoms with Gasteiger partial charge in [-0.15, -0.1) is 0 Å². The smallest absolute Gasteiger partial charge is 0.243 e. The average molecular weight is 268 g/mol. The number of aliphatic carboxylic acids is 1. The molecule has 0 amide bonds. The molecule has 0 aliphatic rings. The molecule has 1 rings (SSSR count). The largest absolute Gasteiger partial charge is 0.548 e. The van der Waals surface area contributed by atoms with Crippen LogP contribution in [-0.2, 0) is 18.4 Å². The maximum Gasteiger partial charge on any atom is 0.243 e. The molecule has 0 aliphatic carbocycles. The Bertz CT molecular complexity index is 376. The normalized spacial score (nSPS) is 11.3. The van der Waals surface area contributed by atoms with Crippen LogP contribution in [0.3, 0.4) is 0 Å². The van der Waals surface area contributed by atoms with Crippen molar-refractivity contribution in [3.63, 3.8) is 0 Å². The number of allylic oxidation sites excluding steroid dienone is 1. The maximum atomic E-state index is 10.0. The minimum absolute atomic E-state index is 0.458. The van der Waals surface area contributed by atoms with Crippen molar-refractivity contribution < 1.29 is 14.5 Å². The molecule has 0 bridgehead atoms. The number of carboxylic acid groups (broad SMARTS) is 1. The molecule has 108 valence electrons. The predicted octanol–water partition coefficient (Wildman–Crippen LogP) is -1.31. The van der Waals surface area contributed by atoms with Gasteiger partial charge in [0.15, 0.2) is 0 Å². The van der Waals surface area contributed by atoms with Gasteiger partial charge in [-0.05, 0) is 19.4 Å². The van der Waals surface area contributed by atoms with E-state index in [1.54, 1.807) is 0 Å². The van der Waals surface area contributed by atoms with Crippen LogP contribution in [0.15, 0.2) is 31.4 Å². The fourth-order valence-electron chi connectivity index (χ4n) is 1.39. The molecular formula is C13H24N4O2. The van der Waals surface area contributed by atoms with Crippen molar-refractivity contribution in [2.75, 3.05) is 6.54 Å². The first-order valence-electron chi connectivity index (χ1n) is 6.29. The van der Waals surface area contributed by atoms with Gasteiger partial charge in [-0.2, -0.15) is 0 Å². The zero-order valence-electron chi connectivity index (χ0n) is 11.5. The lowest BCUT2D eigenvalue weighted by Gasteiger charge is -2.10. The Morgan fingerprint density at radius 1 is 1.58 bits per heavy atom. The van der Waals surface area contributed by atoms with Crippen LogP contribution in [0.5, 0.6) is 0 Å². The van der Waals surface area contributed by atoms with Gasteiger partial charge in [-0.25, -0.2) is 9.13 Å². The number of nitrogens with zero attached hydrogens (tertiary/aromatic N) is 2. The lowest BCUT2D eigenvalue weighted by Crippen LogP contribution is -2.41. The van der Waals surface area contributed by atoms with Crippen molar-refractivity contribution in [3.8, 4) is 0 Å². The number of hydrogen-bond acceptors (Lipinski definition) is 4. The molecule has 1 heterocycles. The van der Waals surface area contributed by atoms with Crippen LogP contribution in [0.2, 0.25) is 0 Å². The van der Waals surface area contributed by atoms with E-state index in [1.165, 1.54) is 0 Å². The second kappa shape index (κ2) is 10.3. The van der Waals surface area contributed by atoms with Crippen molar-refractivity contribution >= 4 is 5.97 Å². The Morgan fingerprint density at radius 2 is 2.26 bits per heavy atom. The van der Waals surface area contributed by atoms with Gasteiger partial charge in [0, 0.05) is 6.04 Å². The highest BCUT2D eigenvalue weighted by Gasteiger charge is 2.00. The predicted molar refractivity (Wildman–Crippen MR) is 71.7 cm³/mol. The summed E-state index contributed by atoms with van der Waals surface area (Å²) < 4.78 is 4.07. The van der Waals surface area contributed by atoms with Gasteiger partial charge in [-0.3, -0.25) is 0 Å². The number of aryl methyl sites for hydroxylation is 1. The van der Waals surface area contributed by atoms with Crippen LogP contribution in [0.1, 0.15) is 19.3 Å². The summed E-state index contributed by atoms with van der Waals surface area (Å²) in [5, 5.41) is 10.0. The maximum absolute atomic E-state index is 10.0. The number of nitrogens with two attached hydrogens (primary N) is 2. The number of hydrogen-bond donors (Lipinski definition) is 2. The Kier molecular flexibility index (Phi) is 9.38. The third kappa shape index (κ3) is 8.98. The number of imidazole rings is 1. The zero-order valence-corrected chi connectivity index (χ0v) is 11.5. The van der Waals surface area contributed by atoms with E-state index in [9.17, 15) is 9.90 Å². The fourth-order valence-corrected chi connectivity index (χ4v) is 1.39. The summed E-state index contributed by atoms with van der Waals surface area (Å²) in [5.41, 5.74) is 10.3. The fraction of sp³-hybridized carbons (Fsp3) is 0.538. The Morgan fingerprint density at radius 3 is 2.68 bits per heavy atom. The summed E-state index contributed by atoms with van der Waals surface area (Å²) in [5.74, 6) is -1.18. The summed E-state index contributed by atoms with van der Waals surface area (Å²) >= 11 is 0. The first kappa shape index (κ1) is 17.3. The second-order valence-electron chi connectivity index (χ2n) is 4.27. The topological polar surface area (TPSA) is 101 Å². The van der Waals surface area contributed by atoms with E-state index >= 15 is 0 Å². The molecule has 19 heavy (non-hydrogen) atoms. The van der Waals surface area contributed by atoms with Gasteiger partial charge < -0.3 is 21.4 Å². The van der Waals surface area contributed by atoms with E-state index in [-0.39, 0.29) is 0 Å². The number of carboxylic acids is 1. The number of rotatable bonds is 7. The molecular weight excluding hydrogens is 244 g/mol. The quantitative estimate of drug-likeness (QED) is 0.364. The molecule has 6 nitrogen and oxygen atoms in total. The van der Waals surface area contributed by atoms with Gasteiger partial charge in [0.2, 0.25) is 6.33 Å². The molecule has 0 aliphatic heterocycles. The Labute approximate surface area is 114 Å². The molecule has 1 aromatic heterocycles. The molecule has 0 unspecified atom stereocenters. The first-order chi connectivity index (χ1) is 9.01. The van der Waals surface area contributed by atoms with Gasteiger partial charge in [0.05, 0.1) is 13.0 Å². The SMILES string of the molecule is C=CCn1cc[n+](C)c1.NCCCC[C@H](N)C(=O)[O-]. The highest BCUT2D eigenvalue weighted by molar-refractivity contribution is 5.70. The number of carbonyl (C=O) groups excluding carboxylic acids is 1. The molecule has 0 fully saturated rings. The minimum atomic E-state index is -1.18. The Balaban J connectivity index is 0.000000342. The summed E-state index contributed by atoms with van der Waals surface area (Å²) in [7, 11) is 2.00. The van der Waals surface area contributed by atoms with Crippen molar-refractivity contribution in [3.05, 3.63) is 31.4 Å². The minimum Gasteiger partial charge on any atom is -0.548 e. The lowest BCUT2D eigenvalue weighted by atomic mass is 10.1. The molecule has 1 atom stereocenters. The van der Waals surface area contributed by atoms with Crippen molar-refractivity contribution in [1.82, 2.24) is 4.57 Å². The Hall–Kier alpha value is -1.66. The van der Waals surface area contributed by atoms with Crippen LogP contribution in [0.4, 0.5) is 0 Å². The van der Waals surface area contributed by atoms with Crippen LogP contribution in [-0.4, -0.2) is 23.1 Å². The van der Waals surface area contributed by atoms with Crippen LogP contribution in [0.25, 0.3) is 0 Å². The van der Waals surface area contributed by atoms with Crippen LogP contribution in [0, 0.1) is 0 Å². The zero-order chi connectivity index (χ0) is 14.7. The standard InChI is InChI=1S/C7H11N2.C6H14N2O2/c1-3-4-9-6-5-8(2)7-9;7-4-2-1-3-5(8)6(9)10/h3,5-7H,1,4H2,2H3;5H,1-4,7-8H2,(H,9,10)/q+1;/p-1/t;5-/m.0/s1. The molecule has 1 aromatic rings. The van der Waals surface area contributed by atoms with E-state index in [0.29, 0.717) is 13.0 Å². The van der Waals surface area contributed by atoms with E-state index in [1.807, 2.05) is 36.4 Å². The van der Waals surface area contributed by atoms with Gasteiger partial charge in [0.25, 0.3) is 0 Å². The van der Waals surface area contributed by atoms with E-state index in [4.69, 9.17) is 11.5 Å². The number of aromatic nitrogens is 2. The van der Waals surface area contributed by atoms with Gasteiger partial charge in [-0.1, -0.05) is 19.1 Å². The molecule has 6 heteroatoms. The first-order valence-corrected chi connectivity index (χ1v) is 6.29. The molecule has 4 N–H and O–H groups in total. The van der Waals surface area contributed by atoms with Crippen LogP contribution < -0.4 is 21.1 Å². The van der Waals surface area contributed by atoms with E-state index < -0.39 is 12.0 Å². The summed E-state index contributed by atoms with van der Waals surface area (Å²) in [6, 6.07) is -0.827. The molecule has 0 saturated carbocycles. The molecule has 0 aromatic carbocycles. The van der Waals surface area contributed by atoms with E-state index in [2.05, 4.69) is 11.1 Å². The monoisotopic (exact) mass is 268 g/mol. The van der Waals surface area contributed by atoms with Crippen LogP contribution >= 0.6 is 0 Å². The number of unbranched alkanes of at least 4 members (excludes halogenated alkanes) is 1. The molecule has 0 radical (unpaired) electrons. The number of carbonyl (C=O) groups is 1. The van der Waals surface area contributed by atoms with Gasteiger partial charge in [0.1, 0.15) is 18.9 Å². The third-order valence-corrected chi connectivity index (χ3v) is 2.44. The summed E-state index contributed by atoms with van der Waals surface area (Å²) in [4.78, 5) is 10.0. The van der Waals surface area contributed by atoms with Gasteiger partial charge >= 0.3 is 0 Å². The van der Waals surface area contributed by atoms with Crippen molar-refractivity contribution in [2.24, 2.45) is 18.5 Å². The molecule has 0 saturated heterocycles. The van der Waals surface area contributed by atoms with Crippen molar-refractivity contribution in [2.45, 2.75) is 31.8 Å². The summed E-state index contributed by atoms with van der Waals surface area (Å²) in [6.07, 6.45) is 9.94. The second-order valence-corrected chi connectivity index (χ2v) is 4.27. The van der Waals surface area contributed by atoms with E-state index in [0.717, 1.165) is 19.4 Å². The average Bonchev–Trinajstić information content (AvgIpc) is 2.76. The lowest BCUT2D eigenvalue weighted by molar-refractivity contribution is -0.671. The molecule has 0 spiro atoms. The summed E-state index contributed by atoms with van der Waals surface area (Å²) in [6.45, 7) is 5.11. The van der Waals surface area contributed by atoms with Crippen molar-refractivity contribution in [1.29, 1.82) is 0 Å².